The number of aliphatic hydroxyl groups excluding tert-OH is 3. The molecule has 2 heterocycles. The first kappa shape index (κ1) is 13.0. The van der Waals surface area contributed by atoms with Crippen molar-refractivity contribution in [1.29, 1.82) is 0 Å². The smallest absolute Gasteiger partial charge is 0.330 e. The molecule has 0 spiro atoms. The minimum absolute atomic E-state index is 0.290. The average Bonchev–Trinajstić information content (AvgIpc) is 2.56. The Balaban J connectivity index is 2.45. The third kappa shape index (κ3) is 1.99. The van der Waals surface area contributed by atoms with E-state index in [-0.39, 0.29) is 0 Å². The Morgan fingerprint density at radius 3 is 2.56 bits per heavy atom. The predicted octanol–water partition coefficient (Wildman–Crippen LogP) is -2.54. The van der Waals surface area contributed by atoms with Crippen molar-refractivity contribution in [2.75, 3.05) is 6.61 Å². The number of aromatic nitrogens is 2. The van der Waals surface area contributed by atoms with Gasteiger partial charge in [-0.3, -0.25) is 14.3 Å². The number of hydrogen-bond acceptors (Lipinski definition) is 6. The molecule has 1 aromatic rings. The highest BCUT2D eigenvalue weighted by molar-refractivity contribution is 5.02. The lowest BCUT2D eigenvalue weighted by molar-refractivity contribution is -0.0559. The molecule has 100 valence electrons. The maximum Gasteiger partial charge on any atom is 0.330 e. The molecule has 1 aliphatic rings. The Labute approximate surface area is 101 Å². The lowest BCUT2D eigenvalue weighted by atomic mass is 10.1. The van der Waals surface area contributed by atoms with Crippen molar-refractivity contribution in [3.63, 3.8) is 0 Å². The van der Waals surface area contributed by atoms with E-state index in [4.69, 9.17) is 9.84 Å². The van der Waals surface area contributed by atoms with E-state index in [0.717, 1.165) is 4.57 Å². The van der Waals surface area contributed by atoms with Crippen LogP contribution in [-0.2, 0) is 4.74 Å². The van der Waals surface area contributed by atoms with Gasteiger partial charge in [0.05, 0.1) is 6.61 Å². The van der Waals surface area contributed by atoms with Gasteiger partial charge in [-0.1, -0.05) is 0 Å². The molecule has 0 bridgehead atoms. The van der Waals surface area contributed by atoms with E-state index in [1.165, 1.54) is 13.0 Å². The van der Waals surface area contributed by atoms with Gasteiger partial charge in [0.2, 0.25) is 0 Å². The molecule has 8 heteroatoms. The van der Waals surface area contributed by atoms with Gasteiger partial charge in [0.1, 0.15) is 18.3 Å². The number of aryl methyl sites for hydroxylation is 1. The van der Waals surface area contributed by atoms with Crippen molar-refractivity contribution in [3.8, 4) is 0 Å². The molecule has 0 saturated carbocycles. The fourth-order valence-corrected chi connectivity index (χ4v) is 2.03. The first-order valence-corrected chi connectivity index (χ1v) is 5.40. The molecule has 0 amide bonds. The normalized spacial score (nSPS) is 31.8. The number of H-pyrrole nitrogens is 1. The summed E-state index contributed by atoms with van der Waals surface area (Å²) in [5.41, 5.74) is -1.01. The zero-order valence-electron chi connectivity index (χ0n) is 9.61. The zero-order chi connectivity index (χ0) is 13.4. The first-order chi connectivity index (χ1) is 8.45. The molecule has 2 unspecified atom stereocenters. The van der Waals surface area contributed by atoms with Crippen LogP contribution < -0.4 is 11.2 Å². The van der Waals surface area contributed by atoms with Crippen LogP contribution in [0.2, 0.25) is 0 Å². The van der Waals surface area contributed by atoms with Crippen LogP contribution in [0.15, 0.2) is 15.7 Å². The largest absolute Gasteiger partial charge is 0.394 e. The fraction of sp³-hybridized carbons (Fsp3) is 0.600. The van der Waals surface area contributed by atoms with Crippen LogP contribution in [-0.4, -0.2) is 49.8 Å². The predicted molar refractivity (Wildman–Crippen MR) is 59.1 cm³/mol. The number of aromatic amines is 1. The van der Waals surface area contributed by atoms with Crippen molar-refractivity contribution < 1.29 is 20.1 Å². The molecule has 1 saturated heterocycles. The van der Waals surface area contributed by atoms with Gasteiger partial charge < -0.3 is 20.1 Å². The third-order valence-electron chi connectivity index (χ3n) is 2.94. The Morgan fingerprint density at radius 1 is 1.39 bits per heavy atom. The maximum atomic E-state index is 11.7. The van der Waals surface area contributed by atoms with Gasteiger partial charge in [0.25, 0.3) is 5.56 Å². The van der Waals surface area contributed by atoms with Gasteiger partial charge in [-0.2, -0.15) is 0 Å². The second-order valence-electron chi connectivity index (χ2n) is 4.18. The second-order valence-corrected chi connectivity index (χ2v) is 4.18. The second kappa shape index (κ2) is 4.65. The molecular weight excluding hydrogens is 244 g/mol. The summed E-state index contributed by atoms with van der Waals surface area (Å²) >= 11 is 0. The maximum absolute atomic E-state index is 11.7. The van der Waals surface area contributed by atoms with E-state index in [9.17, 15) is 19.8 Å². The number of nitrogens with zero attached hydrogens (tertiary/aromatic N) is 1. The minimum atomic E-state index is -1.36. The van der Waals surface area contributed by atoms with E-state index in [1.54, 1.807) is 0 Å². The molecule has 0 aliphatic carbocycles. The number of ether oxygens (including phenoxy) is 1. The molecule has 18 heavy (non-hydrogen) atoms. The first-order valence-electron chi connectivity index (χ1n) is 5.40. The summed E-state index contributed by atoms with van der Waals surface area (Å²) in [7, 11) is 0. The van der Waals surface area contributed by atoms with Gasteiger partial charge in [-0.25, -0.2) is 4.79 Å². The van der Waals surface area contributed by atoms with E-state index >= 15 is 0 Å². The summed E-state index contributed by atoms with van der Waals surface area (Å²) in [5, 5.41) is 28.4. The highest BCUT2D eigenvalue weighted by Crippen LogP contribution is 2.28. The quantitative estimate of drug-likeness (QED) is 0.463. The summed E-state index contributed by atoms with van der Waals surface area (Å²) < 4.78 is 6.25. The van der Waals surface area contributed by atoms with Crippen LogP contribution >= 0.6 is 0 Å². The summed E-state index contributed by atoms with van der Waals surface area (Å²) in [6.45, 7) is 1.03. The standard InChI is InChI=1S/C10H14N2O6/c1-4-2-6(14)11-10(17)12(4)9-8(16)7(15)5(3-13)18-9/h2,5,7-9,13,15-16H,3H2,1H3,(H,11,14,17)/t5-,7?,8?,9-/m1/s1. The van der Waals surface area contributed by atoms with Crippen LogP contribution in [0.5, 0.6) is 0 Å². The molecule has 1 aromatic heterocycles. The number of hydrogen-bond donors (Lipinski definition) is 4. The lowest BCUT2D eigenvalue weighted by Gasteiger charge is -2.19. The number of nitrogens with one attached hydrogen (secondary N) is 1. The summed E-state index contributed by atoms with van der Waals surface area (Å²) in [6, 6.07) is 1.18. The van der Waals surface area contributed by atoms with E-state index in [2.05, 4.69) is 0 Å². The average molecular weight is 258 g/mol. The van der Waals surface area contributed by atoms with Crippen LogP contribution in [0, 0.1) is 6.92 Å². The zero-order valence-corrected chi connectivity index (χ0v) is 9.61. The number of rotatable bonds is 2. The van der Waals surface area contributed by atoms with Gasteiger partial charge in [0.15, 0.2) is 6.23 Å². The molecule has 4 atom stereocenters. The molecular formula is C10H14N2O6. The summed E-state index contributed by atoms with van der Waals surface area (Å²) in [6.07, 6.45) is -4.76. The van der Waals surface area contributed by atoms with Crippen molar-refractivity contribution >= 4 is 0 Å². The van der Waals surface area contributed by atoms with E-state index < -0.39 is 42.4 Å². The van der Waals surface area contributed by atoms with Crippen LogP contribution in [0.25, 0.3) is 0 Å². The Morgan fingerprint density at radius 2 is 2.06 bits per heavy atom. The summed E-state index contributed by atoms with van der Waals surface area (Å²) in [4.78, 5) is 24.8. The topological polar surface area (TPSA) is 125 Å². The molecule has 4 N–H and O–H groups in total. The van der Waals surface area contributed by atoms with Crippen molar-refractivity contribution in [2.24, 2.45) is 0 Å². The molecule has 0 radical (unpaired) electrons. The molecule has 1 fully saturated rings. The Hall–Kier alpha value is -1.48. The fourth-order valence-electron chi connectivity index (χ4n) is 2.03. The summed E-state index contributed by atoms with van der Waals surface area (Å²) in [5.74, 6) is 0. The highest BCUT2D eigenvalue weighted by atomic mass is 16.6. The van der Waals surface area contributed by atoms with Gasteiger partial charge in [-0.05, 0) is 6.92 Å². The minimum Gasteiger partial charge on any atom is -0.394 e. The van der Waals surface area contributed by atoms with Crippen LogP contribution in [0.3, 0.4) is 0 Å². The molecule has 1 aliphatic heterocycles. The molecule has 8 nitrogen and oxygen atoms in total. The van der Waals surface area contributed by atoms with E-state index in [0.29, 0.717) is 5.69 Å². The SMILES string of the molecule is Cc1cc(=O)[nH]c(=O)n1[C@@H]1O[C@H](CO)C(O)C1O. The van der Waals surface area contributed by atoms with Crippen molar-refractivity contribution in [2.45, 2.75) is 31.5 Å². The lowest BCUT2D eigenvalue weighted by Crippen LogP contribution is -2.39. The van der Waals surface area contributed by atoms with Gasteiger partial charge in [0, 0.05) is 11.8 Å². The van der Waals surface area contributed by atoms with Crippen molar-refractivity contribution in [3.05, 3.63) is 32.6 Å². The van der Waals surface area contributed by atoms with Crippen molar-refractivity contribution in [1.82, 2.24) is 9.55 Å². The van der Waals surface area contributed by atoms with Gasteiger partial charge in [-0.15, -0.1) is 0 Å². The van der Waals surface area contributed by atoms with E-state index in [1.807, 2.05) is 4.98 Å². The Kier molecular flexibility index (Phi) is 3.35. The molecule has 0 aromatic carbocycles. The Bertz CT molecular complexity index is 550. The monoisotopic (exact) mass is 258 g/mol. The number of aliphatic hydroxyl groups is 3. The molecule has 2 rings (SSSR count). The van der Waals surface area contributed by atoms with Gasteiger partial charge >= 0.3 is 5.69 Å². The third-order valence-corrected chi connectivity index (χ3v) is 2.94. The van der Waals surface area contributed by atoms with Crippen LogP contribution in [0.1, 0.15) is 11.9 Å². The van der Waals surface area contributed by atoms with Crippen LogP contribution in [0.4, 0.5) is 0 Å². The highest BCUT2D eigenvalue weighted by Gasteiger charge is 2.44.